The van der Waals surface area contributed by atoms with Crippen molar-refractivity contribution >= 4 is 17.7 Å². The summed E-state index contributed by atoms with van der Waals surface area (Å²) in [5.74, 6) is -0.186. The first kappa shape index (κ1) is 18.0. The highest BCUT2D eigenvalue weighted by molar-refractivity contribution is 5.98. The van der Waals surface area contributed by atoms with E-state index in [9.17, 15) is 14.4 Å². The lowest BCUT2D eigenvalue weighted by molar-refractivity contribution is -0.130. The first-order chi connectivity index (χ1) is 11.2. The van der Waals surface area contributed by atoms with E-state index in [-0.39, 0.29) is 23.3 Å². The van der Waals surface area contributed by atoms with Crippen molar-refractivity contribution in [3.05, 3.63) is 35.4 Å². The van der Waals surface area contributed by atoms with Crippen LogP contribution in [-0.2, 0) is 4.79 Å². The fraction of sp³-hybridized carbons (Fsp3) is 0.500. The van der Waals surface area contributed by atoms with Gasteiger partial charge in [-0.3, -0.25) is 14.4 Å². The van der Waals surface area contributed by atoms with Crippen LogP contribution in [0.3, 0.4) is 0 Å². The maximum atomic E-state index is 12.5. The van der Waals surface area contributed by atoms with Gasteiger partial charge >= 0.3 is 0 Å². The number of nitrogens with one attached hydrogen (secondary N) is 1. The van der Waals surface area contributed by atoms with Gasteiger partial charge in [0.1, 0.15) is 0 Å². The van der Waals surface area contributed by atoms with E-state index in [2.05, 4.69) is 5.32 Å². The minimum Gasteiger partial charge on any atom is -0.347 e. The van der Waals surface area contributed by atoms with Crippen molar-refractivity contribution in [2.75, 3.05) is 26.2 Å². The number of amides is 3. The van der Waals surface area contributed by atoms with Crippen LogP contribution in [0.1, 0.15) is 48.4 Å². The molecule has 2 rings (SSSR count). The number of nitrogens with zero attached hydrogens (tertiary/aromatic N) is 2. The van der Waals surface area contributed by atoms with E-state index >= 15 is 0 Å². The maximum Gasteiger partial charge on any atom is 0.253 e. The molecule has 0 atom stereocenters. The van der Waals surface area contributed by atoms with Crippen LogP contribution < -0.4 is 5.32 Å². The molecule has 1 aliphatic rings. The van der Waals surface area contributed by atoms with Gasteiger partial charge in [0.2, 0.25) is 5.91 Å². The predicted octanol–water partition coefficient (Wildman–Crippen LogP) is 1.52. The minimum atomic E-state index is -0.304. The lowest BCUT2D eigenvalue weighted by atomic mass is 10.1. The molecule has 1 N–H and O–H groups in total. The molecule has 0 aliphatic carbocycles. The Labute approximate surface area is 142 Å². The van der Waals surface area contributed by atoms with Crippen LogP contribution in [0, 0.1) is 0 Å². The number of piperazine rings is 1. The smallest absolute Gasteiger partial charge is 0.253 e. The van der Waals surface area contributed by atoms with Gasteiger partial charge in [0.25, 0.3) is 11.8 Å². The van der Waals surface area contributed by atoms with Crippen LogP contribution in [0.25, 0.3) is 0 Å². The van der Waals surface area contributed by atoms with E-state index in [1.165, 1.54) is 0 Å². The molecular formula is C18H25N3O3. The predicted molar refractivity (Wildman–Crippen MR) is 91.8 cm³/mol. The summed E-state index contributed by atoms with van der Waals surface area (Å²) < 4.78 is 0. The highest BCUT2D eigenvalue weighted by Crippen LogP contribution is 2.12. The molecular weight excluding hydrogens is 306 g/mol. The molecule has 1 aromatic carbocycles. The van der Waals surface area contributed by atoms with Crippen molar-refractivity contribution in [1.82, 2.24) is 15.1 Å². The fourth-order valence-electron chi connectivity index (χ4n) is 2.58. The number of rotatable bonds is 2. The molecule has 3 amide bonds. The zero-order chi connectivity index (χ0) is 17.9. The maximum absolute atomic E-state index is 12.5. The number of hydrogen-bond donors (Lipinski definition) is 1. The highest BCUT2D eigenvalue weighted by Gasteiger charge is 2.23. The summed E-state index contributed by atoms with van der Waals surface area (Å²) in [5, 5.41) is 2.89. The number of carbonyl (C=O) groups is 3. The number of benzene rings is 1. The molecule has 1 fully saturated rings. The zero-order valence-corrected chi connectivity index (χ0v) is 14.8. The first-order valence-electron chi connectivity index (χ1n) is 8.15. The largest absolute Gasteiger partial charge is 0.347 e. The van der Waals surface area contributed by atoms with E-state index in [0.717, 1.165) is 0 Å². The molecule has 130 valence electrons. The van der Waals surface area contributed by atoms with Gasteiger partial charge in [-0.2, -0.15) is 0 Å². The van der Waals surface area contributed by atoms with Gasteiger partial charge in [0.15, 0.2) is 0 Å². The Morgan fingerprint density at radius 2 is 1.33 bits per heavy atom. The Bertz CT molecular complexity index is 624. The third-order valence-electron chi connectivity index (χ3n) is 3.89. The second-order valence-corrected chi connectivity index (χ2v) is 7.08. The van der Waals surface area contributed by atoms with Crippen LogP contribution in [0.15, 0.2) is 24.3 Å². The van der Waals surface area contributed by atoms with Crippen LogP contribution in [0.5, 0.6) is 0 Å². The van der Waals surface area contributed by atoms with Crippen molar-refractivity contribution in [1.29, 1.82) is 0 Å². The number of carbonyl (C=O) groups excluding carboxylic acids is 3. The van der Waals surface area contributed by atoms with E-state index in [1.807, 2.05) is 20.8 Å². The lowest BCUT2D eigenvalue weighted by Crippen LogP contribution is -2.50. The minimum absolute atomic E-state index is 0.0383. The molecule has 1 aromatic rings. The molecule has 0 radical (unpaired) electrons. The summed E-state index contributed by atoms with van der Waals surface area (Å²) in [6, 6.07) is 6.69. The molecule has 24 heavy (non-hydrogen) atoms. The highest BCUT2D eigenvalue weighted by atomic mass is 16.2. The van der Waals surface area contributed by atoms with Crippen LogP contribution in [-0.4, -0.2) is 59.2 Å². The summed E-state index contributed by atoms with van der Waals surface area (Å²) in [6.45, 7) is 9.49. The first-order valence-corrected chi connectivity index (χ1v) is 8.15. The summed E-state index contributed by atoms with van der Waals surface area (Å²) in [6.07, 6.45) is 0. The molecule has 6 nitrogen and oxygen atoms in total. The Kier molecular flexibility index (Phi) is 5.26. The zero-order valence-electron chi connectivity index (χ0n) is 14.8. The normalized spacial score (nSPS) is 15.2. The van der Waals surface area contributed by atoms with E-state index in [0.29, 0.717) is 37.3 Å². The SMILES string of the molecule is CC(=O)N1CCN(C(=O)c2ccc(C(=O)NC(C)(C)C)cc2)CC1. The molecule has 1 saturated heterocycles. The van der Waals surface area contributed by atoms with E-state index in [1.54, 1.807) is 41.0 Å². The van der Waals surface area contributed by atoms with Gasteiger partial charge < -0.3 is 15.1 Å². The van der Waals surface area contributed by atoms with Gasteiger partial charge in [-0.25, -0.2) is 0 Å². The third-order valence-corrected chi connectivity index (χ3v) is 3.89. The number of hydrogen-bond acceptors (Lipinski definition) is 3. The fourth-order valence-corrected chi connectivity index (χ4v) is 2.58. The molecule has 0 saturated carbocycles. The monoisotopic (exact) mass is 331 g/mol. The molecule has 1 aliphatic heterocycles. The Balaban J connectivity index is 1.99. The van der Waals surface area contributed by atoms with Gasteiger partial charge in [0, 0.05) is 49.8 Å². The quantitative estimate of drug-likeness (QED) is 0.893. The molecule has 1 heterocycles. The lowest BCUT2D eigenvalue weighted by Gasteiger charge is -2.34. The summed E-state index contributed by atoms with van der Waals surface area (Å²) >= 11 is 0. The topological polar surface area (TPSA) is 69.7 Å². The van der Waals surface area contributed by atoms with Crippen molar-refractivity contribution < 1.29 is 14.4 Å². The molecule has 0 spiro atoms. The Hall–Kier alpha value is -2.37. The van der Waals surface area contributed by atoms with Gasteiger partial charge in [-0.1, -0.05) is 0 Å². The Morgan fingerprint density at radius 1 is 0.875 bits per heavy atom. The van der Waals surface area contributed by atoms with Gasteiger partial charge in [0.05, 0.1) is 0 Å². The van der Waals surface area contributed by atoms with Gasteiger partial charge in [-0.15, -0.1) is 0 Å². The van der Waals surface area contributed by atoms with Crippen LogP contribution in [0.4, 0.5) is 0 Å². The van der Waals surface area contributed by atoms with Crippen molar-refractivity contribution in [3.8, 4) is 0 Å². The van der Waals surface area contributed by atoms with Crippen LogP contribution >= 0.6 is 0 Å². The standard InChI is InChI=1S/C18H25N3O3/c1-13(22)20-9-11-21(12-10-20)17(24)15-7-5-14(6-8-15)16(23)19-18(2,3)4/h5-8H,9-12H2,1-4H3,(H,19,23). The van der Waals surface area contributed by atoms with Gasteiger partial charge in [-0.05, 0) is 45.0 Å². The average Bonchev–Trinajstić information content (AvgIpc) is 2.53. The van der Waals surface area contributed by atoms with Crippen molar-refractivity contribution in [3.63, 3.8) is 0 Å². The molecule has 0 unspecified atom stereocenters. The van der Waals surface area contributed by atoms with E-state index < -0.39 is 0 Å². The average molecular weight is 331 g/mol. The summed E-state index contributed by atoms with van der Waals surface area (Å²) in [4.78, 5) is 39.4. The van der Waals surface area contributed by atoms with Crippen LogP contribution in [0.2, 0.25) is 0 Å². The summed E-state index contributed by atoms with van der Waals surface area (Å²) in [5.41, 5.74) is 0.781. The van der Waals surface area contributed by atoms with E-state index in [4.69, 9.17) is 0 Å². The second kappa shape index (κ2) is 7.03. The van der Waals surface area contributed by atoms with Crippen molar-refractivity contribution in [2.45, 2.75) is 33.2 Å². The van der Waals surface area contributed by atoms with Crippen molar-refractivity contribution in [2.24, 2.45) is 0 Å². The summed E-state index contributed by atoms with van der Waals surface area (Å²) in [7, 11) is 0. The Morgan fingerprint density at radius 3 is 1.79 bits per heavy atom. The molecule has 6 heteroatoms. The molecule has 0 aromatic heterocycles. The second-order valence-electron chi connectivity index (χ2n) is 7.08. The third kappa shape index (κ3) is 4.57. The molecule has 0 bridgehead atoms.